The van der Waals surface area contributed by atoms with E-state index in [2.05, 4.69) is 0 Å². The summed E-state index contributed by atoms with van der Waals surface area (Å²) in [6.07, 6.45) is 1.57. The first-order valence-electron chi connectivity index (χ1n) is 4.48. The lowest BCUT2D eigenvalue weighted by atomic mass is 9.91. The molecule has 1 saturated heterocycles. The predicted octanol–water partition coefficient (Wildman–Crippen LogP) is 1.65. The van der Waals surface area contributed by atoms with Gasteiger partial charge in [-0.2, -0.15) is 0 Å². The zero-order chi connectivity index (χ0) is 10.9. The van der Waals surface area contributed by atoms with E-state index in [-0.39, 0.29) is 17.1 Å². The van der Waals surface area contributed by atoms with Crippen molar-refractivity contribution in [3.05, 3.63) is 11.1 Å². The van der Waals surface area contributed by atoms with Crippen LogP contribution in [0.2, 0.25) is 0 Å². The molecule has 0 N–H and O–H groups in total. The molecular weight excluding hydrogens is 198 g/mol. The molecule has 0 bridgehead atoms. The number of ketones is 1. The first kappa shape index (κ1) is 11.3. The molecule has 0 spiro atoms. The van der Waals surface area contributed by atoms with Crippen LogP contribution in [0.3, 0.4) is 0 Å². The van der Waals surface area contributed by atoms with E-state index in [0.29, 0.717) is 5.75 Å². The topological polar surface area (TPSA) is 37.4 Å². The van der Waals surface area contributed by atoms with Gasteiger partial charge in [-0.25, -0.2) is 0 Å². The maximum absolute atomic E-state index is 11.6. The molecule has 1 aliphatic heterocycles. The normalized spacial score (nSPS) is 20.7. The Hall–Kier alpha value is -0.770. The number of hydrogen-bond donors (Lipinski definition) is 0. The number of carbonyl (C=O) groups is 2. The lowest BCUT2D eigenvalue weighted by Crippen LogP contribution is -2.22. The zero-order valence-electron chi connectivity index (χ0n) is 8.96. The fraction of sp³-hybridized carbons (Fsp3) is 0.600. The Balaban J connectivity index is 2.80. The van der Waals surface area contributed by atoms with Gasteiger partial charge in [0.1, 0.15) is 0 Å². The van der Waals surface area contributed by atoms with Gasteiger partial charge in [0.2, 0.25) is 5.91 Å². The minimum atomic E-state index is -0.375. The Kier molecular flexibility index (Phi) is 3.04. The molecular formula is C10H15NO2S. The molecule has 0 aromatic heterocycles. The number of amides is 1. The largest absolute Gasteiger partial charge is 0.309 e. The van der Waals surface area contributed by atoms with Gasteiger partial charge in [0.15, 0.2) is 5.78 Å². The third-order valence-electron chi connectivity index (χ3n) is 2.04. The van der Waals surface area contributed by atoms with Crippen LogP contribution in [0.25, 0.3) is 0 Å². The molecule has 1 aliphatic rings. The van der Waals surface area contributed by atoms with E-state index in [1.807, 2.05) is 20.8 Å². The summed E-state index contributed by atoms with van der Waals surface area (Å²) in [5.41, 5.74) is -0.375. The van der Waals surface area contributed by atoms with Crippen molar-refractivity contribution in [2.75, 3.05) is 12.8 Å². The molecule has 0 aromatic rings. The van der Waals surface area contributed by atoms with Gasteiger partial charge in [-0.3, -0.25) is 9.59 Å². The van der Waals surface area contributed by atoms with Gasteiger partial charge in [0, 0.05) is 18.5 Å². The molecule has 1 fully saturated rings. The van der Waals surface area contributed by atoms with Gasteiger partial charge in [-0.15, -0.1) is 0 Å². The summed E-state index contributed by atoms with van der Waals surface area (Å²) >= 11 is 1.42. The van der Waals surface area contributed by atoms with Crippen molar-refractivity contribution in [3.63, 3.8) is 0 Å². The molecule has 0 unspecified atom stereocenters. The maximum atomic E-state index is 11.6. The van der Waals surface area contributed by atoms with Gasteiger partial charge >= 0.3 is 0 Å². The standard InChI is InChI=1S/C10H15NO2S/c1-10(2,3)7(12)5-9-11(4)8(13)6-14-9/h5H,6H2,1-4H3. The summed E-state index contributed by atoms with van der Waals surface area (Å²) in [6, 6.07) is 0. The number of hydrogen-bond acceptors (Lipinski definition) is 3. The van der Waals surface area contributed by atoms with Crippen LogP contribution in [-0.4, -0.2) is 29.4 Å². The van der Waals surface area contributed by atoms with Gasteiger partial charge < -0.3 is 4.90 Å². The van der Waals surface area contributed by atoms with Crippen molar-refractivity contribution >= 4 is 23.5 Å². The summed E-state index contributed by atoms with van der Waals surface area (Å²) in [5, 5.41) is 0.759. The van der Waals surface area contributed by atoms with E-state index in [1.54, 1.807) is 13.1 Å². The zero-order valence-corrected chi connectivity index (χ0v) is 9.77. The van der Waals surface area contributed by atoms with Crippen LogP contribution in [-0.2, 0) is 9.59 Å². The van der Waals surface area contributed by atoms with Crippen LogP contribution in [0.15, 0.2) is 11.1 Å². The van der Waals surface area contributed by atoms with Gasteiger partial charge in [0.05, 0.1) is 10.8 Å². The second-order valence-corrected chi connectivity index (χ2v) is 5.33. The first-order valence-corrected chi connectivity index (χ1v) is 5.46. The minimum Gasteiger partial charge on any atom is -0.309 e. The lowest BCUT2D eigenvalue weighted by molar-refractivity contribution is -0.124. The van der Waals surface area contributed by atoms with Crippen LogP contribution in [0.5, 0.6) is 0 Å². The highest BCUT2D eigenvalue weighted by Crippen LogP contribution is 2.28. The SMILES string of the molecule is CN1C(=O)CSC1=CC(=O)C(C)(C)C. The van der Waals surface area contributed by atoms with E-state index in [9.17, 15) is 9.59 Å². The highest BCUT2D eigenvalue weighted by molar-refractivity contribution is 8.04. The number of rotatable bonds is 1. The molecule has 1 rings (SSSR count). The van der Waals surface area contributed by atoms with Crippen molar-refractivity contribution in [3.8, 4) is 0 Å². The summed E-state index contributed by atoms with van der Waals surface area (Å²) in [6.45, 7) is 5.61. The molecule has 0 saturated carbocycles. The third-order valence-corrected chi connectivity index (χ3v) is 3.12. The van der Waals surface area contributed by atoms with Crippen molar-refractivity contribution < 1.29 is 9.59 Å². The highest BCUT2D eigenvalue weighted by atomic mass is 32.2. The third kappa shape index (κ3) is 2.38. The van der Waals surface area contributed by atoms with Crippen LogP contribution >= 0.6 is 11.8 Å². The van der Waals surface area contributed by atoms with Crippen LogP contribution in [0, 0.1) is 5.41 Å². The van der Waals surface area contributed by atoms with Gasteiger partial charge in [-0.05, 0) is 0 Å². The Morgan fingerprint density at radius 1 is 1.50 bits per heavy atom. The van der Waals surface area contributed by atoms with Crippen molar-refractivity contribution in [1.29, 1.82) is 0 Å². The van der Waals surface area contributed by atoms with Crippen LogP contribution in [0.1, 0.15) is 20.8 Å². The molecule has 1 amide bonds. The highest BCUT2D eigenvalue weighted by Gasteiger charge is 2.26. The summed E-state index contributed by atoms with van der Waals surface area (Å²) in [5.74, 6) is 0.559. The second kappa shape index (κ2) is 3.77. The smallest absolute Gasteiger partial charge is 0.237 e. The molecule has 0 radical (unpaired) electrons. The Bertz CT molecular complexity index is 302. The van der Waals surface area contributed by atoms with Crippen molar-refractivity contribution in [2.24, 2.45) is 5.41 Å². The summed E-state index contributed by atoms with van der Waals surface area (Å²) < 4.78 is 0. The van der Waals surface area contributed by atoms with Crippen LogP contribution < -0.4 is 0 Å². The predicted molar refractivity (Wildman–Crippen MR) is 57.8 cm³/mol. The van der Waals surface area contributed by atoms with E-state index in [1.165, 1.54) is 16.7 Å². The summed E-state index contributed by atoms with van der Waals surface area (Å²) in [4.78, 5) is 24.3. The van der Waals surface area contributed by atoms with E-state index >= 15 is 0 Å². The number of nitrogens with zero attached hydrogens (tertiary/aromatic N) is 1. The molecule has 3 nitrogen and oxygen atoms in total. The average Bonchev–Trinajstić information content (AvgIpc) is 2.34. The first-order chi connectivity index (χ1) is 6.32. The van der Waals surface area contributed by atoms with Crippen LogP contribution in [0.4, 0.5) is 0 Å². The molecule has 14 heavy (non-hydrogen) atoms. The summed E-state index contributed by atoms with van der Waals surface area (Å²) in [7, 11) is 1.70. The molecule has 1 heterocycles. The molecule has 0 atom stereocenters. The molecule has 78 valence electrons. The fourth-order valence-corrected chi connectivity index (χ4v) is 1.87. The van der Waals surface area contributed by atoms with E-state index in [4.69, 9.17) is 0 Å². The molecule has 4 heteroatoms. The Morgan fingerprint density at radius 3 is 2.43 bits per heavy atom. The Morgan fingerprint density at radius 2 is 2.07 bits per heavy atom. The minimum absolute atomic E-state index is 0.0570. The van der Waals surface area contributed by atoms with E-state index in [0.717, 1.165) is 5.03 Å². The van der Waals surface area contributed by atoms with Gasteiger partial charge in [0.25, 0.3) is 0 Å². The number of thioether (sulfide) groups is 1. The molecule has 0 aromatic carbocycles. The second-order valence-electron chi connectivity index (χ2n) is 4.34. The van der Waals surface area contributed by atoms with Crippen molar-refractivity contribution in [2.45, 2.75) is 20.8 Å². The molecule has 0 aliphatic carbocycles. The Labute approximate surface area is 88.5 Å². The monoisotopic (exact) mass is 213 g/mol. The fourth-order valence-electron chi connectivity index (χ4n) is 0.919. The quantitative estimate of drug-likeness (QED) is 0.621. The number of allylic oxidation sites excluding steroid dienone is 1. The van der Waals surface area contributed by atoms with E-state index < -0.39 is 0 Å². The van der Waals surface area contributed by atoms with Crippen molar-refractivity contribution in [1.82, 2.24) is 4.90 Å². The average molecular weight is 213 g/mol. The van der Waals surface area contributed by atoms with Gasteiger partial charge in [-0.1, -0.05) is 32.5 Å². The lowest BCUT2D eigenvalue weighted by Gasteiger charge is -2.15. The maximum Gasteiger partial charge on any atom is 0.237 e. The number of carbonyl (C=O) groups excluding carboxylic acids is 2.